The summed E-state index contributed by atoms with van der Waals surface area (Å²) in [5.74, 6) is 2.43. The monoisotopic (exact) mass is 574 g/mol. The smallest absolute Gasteiger partial charge is 0.187 e. The number of hydrogen-bond acceptors (Lipinski definition) is 12. The van der Waals surface area contributed by atoms with Crippen LogP contribution in [0.4, 0.5) is 0 Å². The Hall–Kier alpha value is -3.10. The van der Waals surface area contributed by atoms with Crippen molar-refractivity contribution in [3.8, 4) is 28.7 Å². The van der Waals surface area contributed by atoms with Crippen LogP contribution in [-0.4, -0.2) is 102 Å². The number of benzene rings is 2. The number of fused-ring (bicyclic) bond motifs is 6. The van der Waals surface area contributed by atoms with E-state index in [4.69, 9.17) is 33.2 Å². The lowest BCUT2D eigenvalue weighted by molar-refractivity contribution is -0.299. The lowest BCUT2D eigenvalue weighted by atomic mass is 9.80. The highest BCUT2D eigenvalue weighted by Crippen LogP contribution is 2.54. The number of rotatable bonds is 7. The zero-order valence-corrected chi connectivity index (χ0v) is 22.6. The highest BCUT2D eigenvalue weighted by molar-refractivity contribution is 5.59. The van der Waals surface area contributed by atoms with Crippen LogP contribution < -0.4 is 23.7 Å². The van der Waals surface area contributed by atoms with E-state index in [1.165, 1.54) is 0 Å². The Labute approximate surface area is 236 Å². The van der Waals surface area contributed by atoms with Crippen molar-refractivity contribution < 1.29 is 58.7 Å². The molecular weight excluding hydrogens is 540 g/mol. The van der Waals surface area contributed by atoms with Gasteiger partial charge in [-0.2, -0.15) is 0 Å². The van der Waals surface area contributed by atoms with Crippen LogP contribution in [0.25, 0.3) is 0 Å². The van der Waals surface area contributed by atoms with E-state index in [1.807, 2.05) is 6.07 Å². The van der Waals surface area contributed by atoms with Gasteiger partial charge in [0, 0.05) is 29.2 Å². The van der Waals surface area contributed by atoms with E-state index in [0.29, 0.717) is 46.3 Å². The zero-order chi connectivity index (χ0) is 29.0. The zero-order valence-electron chi connectivity index (χ0n) is 22.6. The van der Waals surface area contributed by atoms with Gasteiger partial charge in [-0.1, -0.05) is 6.58 Å². The maximum Gasteiger partial charge on any atom is 0.187 e. The van der Waals surface area contributed by atoms with Gasteiger partial charge in [-0.05, 0) is 23.8 Å². The van der Waals surface area contributed by atoms with Gasteiger partial charge in [0.1, 0.15) is 60.5 Å². The van der Waals surface area contributed by atoms with Crippen LogP contribution in [0.2, 0.25) is 0 Å². The predicted octanol–water partition coefficient (Wildman–Crippen LogP) is 0.351. The molecule has 4 aliphatic heterocycles. The van der Waals surface area contributed by atoms with Gasteiger partial charge in [0.05, 0.1) is 39.5 Å². The van der Waals surface area contributed by atoms with Crippen molar-refractivity contribution in [2.45, 2.75) is 61.4 Å². The molecule has 0 unspecified atom stereocenters. The summed E-state index contributed by atoms with van der Waals surface area (Å²) in [6.45, 7) is 3.68. The number of ether oxygens (including phenoxy) is 7. The SMILES string of the molecule is C=C(CO[C@@H]1O[C@H](CO)[C@@H](O)[C@H](O)[C@H]1O)[C@@H]1Cc2c(ccc3c2O[C@H]2COc4cc(OC)c(OC)cc4[C@H]2[C@@H]3O)O1. The molecule has 0 radical (unpaired) electrons. The summed E-state index contributed by atoms with van der Waals surface area (Å²) < 4.78 is 40.5. The summed E-state index contributed by atoms with van der Waals surface area (Å²) in [5.41, 5.74) is 2.74. The molecule has 2 aromatic carbocycles. The van der Waals surface area contributed by atoms with Gasteiger partial charge in [-0.3, -0.25) is 0 Å². The third kappa shape index (κ3) is 4.69. The molecule has 0 aliphatic carbocycles. The van der Waals surface area contributed by atoms with Crippen molar-refractivity contribution in [2.24, 2.45) is 0 Å². The first kappa shape index (κ1) is 28.0. The number of aliphatic hydroxyl groups excluding tert-OH is 5. The van der Waals surface area contributed by atoms with E-state index in [-0.39, 0.29) is 19.1 Å². The summed E-state index contributed by atoms with van der Waals surface area (Å²) in [5, 5.41) is 51.2. The summed E-state index contributed by atoms with van der Waals surface area (Å²) >= 11 is 0. The van der Waals surface area contributed by atoms with Crippen LogP contribution in [0.1, 0.15) is 28.7 Å². The first-order valence-corrected chi connectivity index (χ1v) is 13.4. The highest BCUT2D eigenvalue weighted by Gasteiger charge is 2.47. The Morgan fingerprint density at radius 2 is 1.71 bits per heavy atom. The van der Waals surface area contributed by atoms with Crippen LogP contribution in [0, 0.1) is 0 Å². The summed E-state index contributed by atoms with van der Waals surface area (Å²) in [6.07, 6.45) is -8.27. The van der Waals surface area contributed by atoms with Gasteiger partial charge in [0.15, 0.2) is 17.8 Å². The largest absolute Gasteiger partial charge is 0.493 e. The van der Waals surface area contributed by atoms with Crippen molar-refractivity contribution in [3.05, 3.63) is 53.1 Å². The average molecular weight is 575 g/mol. The Bertz CT molecular complexity index is 1310. The molecule has 5 N–H and O–H groups in total. The lowest BCUT2D eigenvalue weighted by Crippen LogP contribution is -2.59. The molecule has 0 aromatic heterocycles. The molecule has 12 nitrogen and oxygen atoms in total. The first-order valence-electron chi connectivity index (χ1n) is 13.4. The predicted molar refractivity (Wildman–Crippen MR) is 141 cm³/mol. The fraction of sp³-hybridized carbons (Fsp3) is 0.517. The van der Waals surface area contributed by atoms with Gasteiger partial charge < -0.3 is 58.7 Å². The molecule has 4 aliphatic rings. The quantitative estimate of drug-likeness (QED) is 0.289. The molecule has 0 spiro atoms. The Morgan fingerprint density at radius 3 is 2.44 bits per heavy atom. The summed E-state index contributed by atoms with van der Waals surface area (Å²) in [4.78, 5) is 0. The topological polar surface area (TPSA) is 166 Å². The second kappa shape index (κ2) is 11.0. The van der Waals surface area contributed by atoms with E-state index in [1.54, 1.807) is 32.4 Å². The van der Waals surface area contributed by atoms with E-state index in [0.717, 1.165) is 11.1 Å². The highest BCUT2D eigenvalue weighted by atomic mass is 16.7. The molecule has 0 saturated carbocycles. The maximum atomic E-state index is 11.6. The van der Waals surface area contributed by atoms with Crippen molar-refractivity contribution in [3.63, 3.8) is 0 Å². The van der Waals surface area contributed by atoms with E-state index in [2.05, 4.69) is 6.58 Å². The Morgan fingerprint density at radius 1 is 0.951 bits per heavy atom. The van der Waals surface area contributed by atoms with Crippen molar-refractivity contribution in [1.29, 1.82) is 0 Å². The molecule has 1 fully saturated rings. The lowest BCUT2D eigenvalue weighted by Gasteiger charge is -2.41. The molecule has 6 rings (SSSR count). The third-order valence-electron chi connectivity index (χ3n) is 8.25. The van der Waals surface area contributed by atoms with Crippen LogP contribution in [0.3, 0.4) is 0 Å². The minimum atomic E-state index is -1.54. The minimum Gasteiger partial charge on any atom is -0.493 e. The van der Waals surface area contributed by atoms with Crippen molar-refractivity contribution >= 4 is 0 Å². The van der Waals surface area contributed by atoms with Gasteiger partial charge in [-0.25, -0.2) is 0 Å². The van der Waals surface area contributed by atoms with Crippen LogP contribution in [0.5, 0.6) is 28.7 Å². The van der Waals surface area contributed by atoms with Crippen LogP contribution in [0.15, 0.2) is 36.4 Å². The first-order chi connectivity index (χ1) is 19.7. The number of hydrogen-bond donors (Lipinski definition) is 5. The fourth-order valence-corrected chi connectivity index (χ4v) is 5.96. The molecule has 12 heteroatoms. The molecule has 1 saturated heterocycles. The minimum absolute atomic E-state index is 0.0758. The summed E-state index contributed by atoms with van der Waals surface area (Å²) in [6, 6.07) is 7.16. The van der Waals surface area contributed by atoms with Crippen LogP contribution >= 0.6 is 0 Å². The normalized spacial score (nSPS) is 33.2. The van der Waals surface area contributed by atoms with E-state index < -0.39 is 55.6 Å². The molecule has 2 aromatic rings. The average Bonchev–Trinajstić information content (AvgIpc) is 3.44. The number of methoxy groups -OCH3 is 2. The Balaban J connectivity index is 1.18. The van der Waals surface area contributed by atoms with Crippen molar-refractivity contribution in [2.75, 3.05) is 34.0 Å². The molecule has 4 heterocycles. The van der Waals surface area contributed by atoms with Gasteiger partial charge in [0.2, 0.25) is 0 Å². The molecule has 0 bridgehead atoms. The van der Waals surface area contributed by atoms with E-state index in [9.17, 15) is 25.5 Å². The van der Waals surface area contributed by atoms with Crippen molar-refractivity contribution in [1.82, 2.24) is 0 Å². The van der Waals surface area contributed by atoms with Gasteiger partial charge in [-0.15, -0.1) is 0 Å². The molecular formula is C29H34O12. The second-order valence-corrected chi connectivity index (χ2v) is 10.6. The molecule has 9 atom stereocenters. The standard InChI is InChI=1S/C29H34O12/c1-12(10-38-29-27(34)26(33)25(32)21(9-30)41-29)17-7-15-16(39-17)5-4-13-24(31)23-14-6-19(35-2)20(36-3)8-18(14)37-11-22(23)40-28(13)15/h4-6,8,17,21-27,29-34H,1,7,9-11H2,2-3H3/t17-,21+,22-,23+,24+,25+,26-,27+,29+/m0/s1. The molecule has 41 heavy (non-hydrogen) atoms. The molecule has 0 amide bonds. The number of aliphatic hydroxyl groups is 5. The third-order valence-corrected chi connectivity index (χ3v) is 8.25. The van der Waals surface area contributed by atoms with E-state index >= 15 is 0 Å². The summed E-state index contributed by atoms with van der Waals surface area (Å²) in [7, 11) is 3.10. The maximum absolute atomic E-state index is 11.6. The second-order valence-electron chi connectivity index (χ2n) is 10.6. The van der Waals surface area contributed by atoms with Crippen LogP contribution in [-0.2, 0) is 15.9 Å². The van der Waals surface area contributed by atoms with Gasteiger partial charge >= 0.3 is 0 Å². The molecule has 222 valence electrons. The van der Waals surface area contributed by atoms with Gasteiger partial charge in [0.25, 0.3) is 0 Å². The Kier molecular flexibility index (Phi) is 7.49. The fourth-order valence-electron chi connectivity index (χ4n) is 5.96.